The fourth-order valence-corrected chi connectivity index (χ4v) is 2.80. The van der Waals surface area contributed by atoms with Crippen molar-refractivity contribution < 1.29 is 0 Å². The fraction of sp³-hybridized carbons (Fsp3) is 0.625. The zero-order chi connectivity index (χ0) is 9.47. The van der Waals surface area contributed by atoms with Gasteiger partial charge in [-0.05, 0) is 25.5 Å². The lowest BCUT2D eigenvalue weighted by atomic mass is 9.81. The number of hydrogen-bond acceptors (Lipinski definition) is 4. The first kappa shape index (κ1) is 8.74. The van der Waals surface area contributed by atoms with Crippen LogP contribution in [0.5, 0.6) is 0 Å². The molecule has 1 aromatic rings. The first-order valence-corrected chi connectivity index (χ1v) is 5.55. The third-order valence-corrected chi connectivity index (χ3v) is 4.20. The molecular formula is C8H14N4S. The number of hydrogen-bond donors (Lipinski definition) is 2. The van der Waals surface area contributed by atoms with Crippen molar-refractivity contribution >= 4 is 17.6 Å². The maximum atomic E-state index is 5.84. The number of nitrogens with zero attached hydrogens (tertiary/aromatic N) is 2. The number of rotatable bonds is 2. The summed E-state index contributed by atoms with van der Waals surface area (Å²) in [4.78, 5) is 4.27. The Morgan fingerprint density at radius 2 is 2.31 bits per heavy atom. The molecule has 1 fully saturated rings. The van der Waals surface area contributed by atoms with E-state index in [-0.39, 0.29) is 4.75 Å². The van der Waals surface area contributed by atoms with E-state index in [4.69, 9.17) is 11.6 Å². The zero-order valence-electron chi connectivity index (χ0n) is 7.66. The Morgan fingerprint density at radius 3 is 2.62 bits per heavy atom. The Hall–Kier alpha value is -0.840. The lowest BCUT2D eigenvalue weighted by Gasteiger charge is -2.39. The molecule has 0 aliphatic heterocycles. The SMILES string of the molecule is CSC1(c2ncn(N)c2N)CCC1. The van der Waals surface area contributed by atoms with Crippen LogP contribution in [0.1, 0.15) is 25.0 Å². The van der Waals surface area contributed by atoms with E-state index in [1.165, 1.54) is 11.1 Å². The summed E-state index contributed by atoms with van der Waals surface area (Å²) in [5.41, 5.74) is 6.80. The van der Waals surface area contributed by atoms with Crippen molar-refractivity contribution in [3.63, 3.8) is 0 Å². The van der Waals surface area contributed by atoms with Gasteiger partial charge in [0.2, 0.25) is 0 Å². The molecule has 1 aromatic heterocycles. The molecular weight excluding hydrogens is 184 g/mol. The van der Waals surface area contributed by atoms with Crippen molar-refractivity contribution in [1.29, 1.82) is 0 Å². The number of nitrogens with two attached hydrogens (primary N) is 2. The lowest BCUT2D eigenvalue weighted by Crippen LogP contribution is -2.31. The van der Waals surface area contributed by atoms with Gasteiger partial charge in [-0.15, -0.1) is 0 Å². The van der Waals surface area contributed by atoms with Gasteiger partial charge in [-0.1, -0.05) is 0 Å². The first-order chi connectivity index (χ1) is 6.19. The minimum absolute atomic E-state index is 0.148. The van der Waals surface area contributed by atoms with E-state index in [0.29, 0.717) is 5.82 Å². The highest BCUT2D eigenvalue weighted by atomic mass is 32.2. The van der Waals surface area contributed by atoms with Crippen molar-refractivity contribution in [2.24, 2.45) is 0 Å². The Morgan fingerprint density at radius 1 is 1.62 bits per heavy atom. The van der Waals surface area contributed by atoms with E-state index in [2.05, 4.69) is 11.2 Å². The second kappa shape index (κ2) is 2.83. The van der Waals surface area contributed by atoms with E-state index in [1.807, 2.05) is 11.8 Å². The molecule has 13 heavy (non-hydrogen) atoms. The fourth-order valence-electron chi connectivity index (χ4n) is 1.76. The maximum Gasteiger partial charge on any atom is 0.147 e. The highest BCUT2D eigenvalue weighted by molar-refractivity contribution is 7.99. The Labute approximate surface area is 81.7 Å². The molecule has 0 atom stereocenters. The summed E-state index contributed by atoms with van der Waals surface area (Å²) >= 11 is 1.83. The van der Waals surface area contributed by atoms with Crippen LogP contribution in [-0.2, 0) is 4.75 Å². The van der Waals surface area contributed by atoms with Gasteiger partial charge in [0.25, 0.3) is 0 Å². The quantitative estimate of drug-likeness (QED) is 0.693. The van der Waals surface area contributed by atoms with E-state index >= 15 is 0 Å². The average molecular weight is 198 g/mol. The predicted octanol–water partition coefficient (Wildman–Crippen LogP) is 0.921. The maximum absolute atomic E-state index is 5.84. The van der Waals surface area contributed by atoms with Crippen LogP contribution >= 0.6 is 11.8 Å². The molecule has 4 N–H and O–H groups in total. The third-order valence-electron chi connectivity index (χ3n) is 2.82. The molecule has 1 aliphatic carbocycles. The highest BCUT2D eigenvalue weighted by Crippen LogP contribution is 2.51. The molecule has 1 heterocycles. The molecule has 5 heteroatoms. The number of nitrogen functional groups attached to an aromatic ring is 2. The smallest absolute Gasteiger partial charge is 0.147 e. The molecule has 0 spiro atoms. The standard InChI is InChI=1S/C8H14N4S/c1-13-8(3-2-4-8)6-7(9)12(10)5-11-6/h5H,2-4,9-10H2,1H3. The molecule has 4 nitrogen and oxygen atoms in total. The van der Waals surface area contributed by atoms with Gasteiger partial charge in [-0.3, -0.25) is 0 Å². The molecule has 72 valence electrons. The van der Waals surface area contributed by atoms with Gasteiger partial charge in [0, 0.05) is 0 Å². The molecule has 1 saturated carbocycles. The van der Waals surface area contributed by atoms with Crippen LogP contribution in [0, 0.1) is 0 Å². The molecule has 0 bridgehead atoms. The van der Waals surface area contributed by atoms with Crippen molar-refractivity contribution in [1.82, 2.24) is 9.66 Å². The number of anilines is 1. The molecule has 0 unspecified atom stereocenters. The zero-order valence-corrected chi connectivity index (χ0v) is 8.47. The van der Waals surface area contributed by atoms with Crippen molar-refractivity contribution in [2.75, 3.05) is 17.8 Å². The van der Waals surface area contributed by atoms with Crippen molar-refractivity contribution in [2.45, 2.75) is 24.0 Å². The number of thioether (sulfide) groups is 1. The summed E-state index contributed by atoms with van der Waals surface area (Å²) in [6.45, 7) is 0. The van der Waals surface area contributed by atoms with Crippen LogP contribution in [0.25, 0.3) is 0 Å². The highest BCUT2D eigenvalue weighted by Gasteiger charge is 2.41. The molecule has 0 saturated heterocycles. The van der Waals surface area contributed by atoms with Gasteiger partial charge in [0.1, 0.15) is 17.8 Å². The van der Waals surface area contributed by atoms with E-state index < -0.39 is 0 Å². The summed E-state index contributed by atoms with van der Waals surface area (Å²) in [7, 11) is 0. The molecule has 0 amide bonds. The minimum Gasteiger partial charge on any atom is -0.382 e. The summed E-state index contributed by atoms with van der Waals surface area (Å²) in [5.74, 6) is 6.20. The largest absolute Gasteiger partial charge is 0.382 e. The summed E-state index contributed by atoms with van der Waals surface area (Å²) in [6.07, 6.45) is 7.28. The number of imidazole rings is 1. The van der Waals surface area contributed by atoms with Crippen molar-refractivity contribution in [3.8, 4) is 0 Å². The second-order valence-electron chi connectivity index (χ2n) is 3.44. The Kier molecular flexibility index (Phi) is 1.91. The second-order valence-corrected chi connectivity index (χ2v) is 4.63. The first-order valence-electron chi connectivity index (χ1n) is 4.33. The van der Waals surface area contributed by atoms with E-state index in [0.717, 1.165) is 18.5 Å². The van der Waals surface area contributed by atoms with Crippen LogP contribution in [-0.4, -0.2) is 15.9 Å². The average Bonchev–Trinajstić information content (AvgIpc) is 2.35. The molecule has 1 aliphatic rings. The lowest BCUT2D eigenvalue weighted by molar-refractivity contribution is 0.368. The monoisotopic (exact) mass is 198 g/mol. The number of aromatic nitrogens is 2. The van der Waals surface area contributed by atoms with Crippen LogP contribution < -0.4 is 11.6 Å². The van der Waals surface area contributed by atoms with Crippen LogP contribution in [0.15, 0.2) is 6.33 Å². The van der Waals surface area contributed by atoms with Gasteiger partial charge < -0.3 is 11.6 Å². The third kappa shape index (κ3) is 1.10. The van der Waals surface area contributed by atoms with Crippen LogP contribution in [0.3, 0.4) is 0 Å². The molecule has 0 radical (unpaired) electrons. The normalized spacial score (nSPS) is 19.8. The van der Waals surface area contributed by atoms with Gasteiger partial charge in [-0.2, -0.15) is 11.8 Å². The van der Waals surface area contributed by atoms with Crippen LogP contribution in [0.2, 0.25) is 0 Å². The van der Waals surface area contributed by atoms with Gasteiger partial charge in [-0.25, -0.2) is 9.66 Å². The summed E-state index contributed by atoms with van der Waals surface area (Å²) in [6, 6.07) is 0. The Bertz CT molecular complexity index is 310. The molecule has 0 aromatic carbocycles. The van der Waals surface area contributed by atoms with Gasteiger partial charge in [0.15, 0.2) is 0 Å². The van der Waals surface area contributed by atoms with Gasteiger partial charge in [0.05, 0.1) is 4.75 Å². The van der Waals surface area contributed by atoms with E-state index in [1.54, 1.807) is 6.33 Å². The van der Waals surface area contributed by atoms with Crippen LogP contribution in [0.4, 0.5) is 5.82 Å². The minimum atomic E-state index is 0.148. The van der Waals surface area contributed by atoms with Gasteiger partial charge >= 0.3 is 0 Å². The summed E-state index contributed by atoms with van der Waals surface area (Å²) in [5, 5.41) is 0. The van der Waals surface area contributed by atoms with E-state index in [9.17, 15) is 0 Å². The summed E-state index contributed by atoms with van der Waals surface area (Å²) < 4.78 is 1.54. The topological polar surface area (TPSA) is 69.9 Å². The van der Waals surface area contributed by atoms with Crippen molar-refractivity contribution in [3.05, 3.63) is 12.0 Å². The molecule has 2 rings (SSSR count). The predicted molar refractivity (Wildman–Crippen MR) is 55.8 cm³/mol. The Balaban J connectivity index is 2.38.